The van der Waals surface area contributed by atoms with E-state index in [1.807, 2.05) is 37.2 Å². The summed E-state index contributed by atoms with van der Waals surface area (Å²) in [5, 5.41) is 8.48. The Morgan fingerprint density at radius 1 is 1.63 bits per heavy atom. The number of carbonyl (C=O) groups excluding carboxylic acids is 1. The first kappa shape index (κ1) is 13.8. The van der Waals surface area contributed by atoms with Gasteiger partial charge in [-0.15, -0.1) is 11.3 Å². The van der Waals surface area contributed by atoms with Crippen LogP contribution < -0.4 is 5.32 Å². The highest BCUT2D eigenvalue weighted by Gasteiger charge is 2.19. The Labute approximate surface area is 116 Å². The molecule has 0 bridgehead atoms. The molecular formula is C13H17N3O2S. The molecule has 102 valence electrons. The maximum atomic E-state index is 12.1. The molecule has 2 aromatic heterocycles. The third kappa shape index (κ3) is 3.65. The van der Waals surface area contributed by atoms with Gasteiger partial charge in [-0.3, -0.25) is 15.0 Å². The predicted molar refractivity (Wildman–Crippen MR) is 75.1 cm³/mol. The molecule has 0 saturated heterocycles. The average molecular weight is 279 g/mol. The molecule has 6 heteroatoms. The number of rotatable bonds is 5. The van der Waals surface area contributed by atoms with E-state index >= 15 is 0 Å². The normalized spacial score (nSPS) is 12.6. The summed E-state index contributed by atoms with van der Waals surface area (Å²) < 4.78 is 4.97. The predicted octanol–water partition coefficient (Wildman–Crippen LogP) is 2.50. The fraction of sp³-hybridized carbons (Fsp3) is 0.385. The van der Waals surface area contributed by atoms with E-state index in [4.69, 9.17) is 4.52 Å². The van der Waals surface area contributed by atoms with Crippen molar-refractivity contribution in [3.05, 3.63) is 34.2 Å². The molecule has 19 heavy (non-hydrogen) atoms. The number of likely N-dealkylation sites (N-methyl/N-ethyl adjacent to an activating group) is 1. The standard InChI is InChI=1S/C13H17N3O2S/c1-9-7-12(18-15-9)14-13(17)10(2)16(3)8-11-5-4-6-19-11/h4-7,10H,8H2,1-3H3,(H,14,17). The topological polar surface area (TPSA) is 58.4 Å². The van der Waals surface area contributed by atoms with Gasteiger partial charge in [0.2, 0.25) is 11.8 Å². The van der Waals surface area contributed by atoms with Crippen LogP contribution in [0.2, 0.25) is 0 Å². The third-order valence-corrected chi connectivity index (χ3v) is 3.76. The highest BCUT2D eigenvalue weighted by molar-refractivity contribution is 7.09. The fourth-order valence-electron chi connectivity index (χ4n) is 1.63. The molecule has 0 radical (unpaired) electrons. The molecule has 0 aromatic carbocycles. The number of nitrogens with one attached hydrogen (secondary N) is 1. The minimum absolute atomic E-state index is 0.102. The summed E-state index contributed by atoms with van der Waals surface area (Å²) in [4.78, 5) is 15.3. The van der Waals surface area contributed by atoms with Gasteiger partial charge in [0, 0.05) is 17.5 Å². The van der Waals surface area contributed by atoms with Crippen molar-refractivity contribution >= 4 is 23.1 Å². The van der Waals surface area contributed by atoms with E-state index in [1.54, 1.807) is 17.4 Å². The number of nitrogens with zero attached hydrogens (tertiary/aromatic N) is 2. The van der Waals surface area contributed by atoms with Gasteiger partial charge < -0.3 is 4.52 Å². The molecule has 0 saturated carbocycles. The van der Waals surface area contributed by atoms with Crippen molar-refractivity contribution in [1.29, 1.82) is 0 Å². The number of hydrogen-bond acceptors (Lipinski definition) is 5. The largest absolute Gasteiger partial charge is 0.338 e. The first-order valence-corrected chi connectivity index (χ1v) is 6.91. The molecule has 1 unspecified atom stereocenters. The van der Waals surface area contributed by atoms with E-state index in [0.717, 1.165) is 12.2 Å². The lowest BCUT2D eigenvalue weighted by atomic mass is 10.2. The first-order valence-electron chi connectivity index (χ1n) is 6.03. The van der Waals surface area contributed by atoms with E-state index in [1.165, 1.54) is 4.88 Å². The second kappa shape index (κ2) is 5.99. The summed E-state index contributed by atoms with van der Waals surface area (Å²) in [6, 6.07) is 5.53. The molecule has 0 aliphatic heterocycles. The Balaban J connectivity index is 1.91. The maximum absolute atomic E-state index is 12.1. The summed E-state index contributed by atoms with van der Waals surface area (Å²) in [5.74, 6) is 0.286. The van der Waals surface area contributed by atoms with Crippen molar-refractivity contribution in [2.45, 2.75) is 26.4 Å². The molecule has 0 fully saturated rings. The SMILES string of the molecule is Cc1cc(NC(=O)C(C)N(C)Cc2cccs2)on1. The molecule has 5 nitrogen and oxygen atoms in total. The number of hydrogen-bond donors (Lipinski definition) is 1. The van der Waals surface area contributed by atoms with Crippen LogP contribution in [0.4, 0.5) is 5.88 Å². The zero-order chi connectivity index (χ0) is 13.8. The van der Waals surface area contributed by atoms with E-state index in [9.17, 15) is 4.79 Å². The second-order valence-electron chi connectivity index (χ2n) is 4.49. The van der Waals surface area contributed by atoms with Crippen LogP contribution in [0, 0.1) is 6.92 Å². The highest BCUT2D eigenvalue weighted by Crippen LogP contribution is 2.14. The van der Waals surface area contributed by atoms with Crippen LogP contribution in [0.3, 0.4) is 0 Å². The number of aromatic nitrogens is 1. The summed E-state index contributed by atoms with van der Waals surface area (Å²) in [6.07, 6.45) is 0. The van der Waals surface area contributed by atoms with E-state index in [0.29, 0.717) is 5.88 Å². The van der Waals surface area contributed by atoms with Crippen molar-refractivity contribution < 1.29 is 9.32 Å². The Bertz CT molecular complexity index is 536. The Kier molecular flexibility index (Phi) is 4.34. The van der Waals surface area contributed by atoms with Gasteiger partial charge in [-0.2, -0.15) is 0 Å². The van der Waals surface area contributed by atoms with E-state index in [2.05, 4.69) is 16.5 Å². The summed E-state index contributed by atoms with van der Waals surface area (Å²) in [5.41, 5.74) is 0.745. The molecule has 1 atom stereocenters. The summed E-state index contributed by atoms with van der Waals surface area (Å²) >= 11 is 1.69. The van der Waals surface area contributed by atoms with Gasteiger partial charge in [0.05, 0.1) is 11.7 Å². The van der Waals surface area contributed by atoms with Gasteiger partial charge >= 0.3 is 0 Å². The molecule has 2 rings (SSSR count). The van der Waals surface area contributed by atoms with Crippen LogP contribution >= 0.6 is 11.3 Å². The number of thiophene rings is 1. The minimum atomic E-state index is -0.243. The molecule has 2 heterocycles. The monoisotopic (exact) mass is 279 g/mol. The number of aryl methyl sites for hydroxylation is 1. The van der Waals surface area contributed by atoms with Crippen molar-refractivity contribution in [2.24, 2.45) is 0 Å². The lowest BCUT2D eigenvalue weighted by Crippen LogP contribution is -2.38. The molecule has 0 aliphatic rings. The summed E-state index contributed by atoms with van der Waals surface area (Å²) in [7, 11) is 1.93. The zero-order valence-corrected chi connectivity index (χ0v) is 12.0. The molecule has 2 aromatic rings. The highest BCUT2D eigenvalue weighted by atomic mass is 32.1. The van der Waals surface area contributed by atoms with Gasteiger partial charge in [-0.25, -0.2) is 0 Å². The Morgan fingerprint density at radius 3 is 3.00 bits per heavy atom. The molecule has 1 amide bonds. The average Bonchev–Trinajstić information content (AvgIpc) is 3.00. The quantitative estimate of drug-likeness (QED) is 0.913. The van der Waals surface area contributed by atoms with Gasteiger partial charge in [0.25, 0.3) is 0 Å². The van der Waals surface area contributed by atoms with Crippen LogP contribution in [0.5, 0.6) is 0 Å². The number of anilines is 1. The Morgan fingerprint density at radius 2 is 2.42 bits per heavy atom. The van der Waals surface area contributed by atoms with Crippen molar-refractivity contribution in [3.8, 4) is 0 Å². The lowest BCUT2D eigenvalue weighted by Gasteiger charge is -2.22. The van der Waals surface area contributed by atoms with Gasteiger partial charge in [-0.05, 0) is 32.3 Å². The van der Waals surface area contributed by atoms with Crippen LogP contribution in [0.15, 0.2) is 28.1 Å². The van der Waals surface area contributed by atoms with Crippen molar-refractivity contribution in [3.63, 3.8) is 0 Å². The molecule has 0 spiro atoms. The first-order chi connectivity index (χ1) is 9.06. The summed E-state index contributed by atoms with van der Waals surface area (Å²) in [6.45, 7) is 4.43. The van der Waals surface area contributed by atoms with Crippen LogP contribution in [0.1, 0.15) is 17.5 Å². The van der Waals surface area contributed by atoms with Crippen molar-refractivity contribution in [1.82, 2.24) is 10.1 Å². The van der Waals surface area contributed by atoms with Crippen molar-refractivity contribution in [2.75, 3.05) is 12.4 Å². The number of amides is 1. The zero-order valence-electron chi connectivity index (χ0n) is 11.2. The maximum Gasteiger partial charge on any atom is 0.243 e. The number of carbonyl (C=O) groups is 1. The smallest absolute Gasteiger partial charge is 0.243 e. The van der Waals surface area contributed by atoms with E-state index < -0.39 is 0 Å². The fourth-order valence-corrected chi connectivity index (χ4v) is 2.40. The lowest BCUT2D eigenvalue weighted by molar-refractivity contribution is -0.120. The van der Waals surface area contributed by atoms with Gasteiger partial charge in [0.15, 0.2) is 0 Å². The third-order valence-electron chi connectivity index (χ3n) is 2.90. The second-order valence-corrected chi connectivity index (χ2v) is 5.52. The Hall–Kier alpha value is -1.66. The molecule has 1 N–H and O–H groups in total. The van der Waals surface area contributed by atoms with Gasteiger partial charge in [-0.1, -0.05) is 11.2 Å². The van der Waals surface area contributed by atoms with Crippen LogP contribution in [-0.2, 0) is 11.3 Å². The minimum Gasteiger partial charge on any atom is -0.338 e. The van der Waals surface area contributed by atoms with Gasteiger partial charge in [0.1, 0.15) is 0 Å². The van der Waals surface area contributed by atoms with Crippen LogP contribution in [0.25, 0.3) is 0 Å². The van der Waals surface area contributed by atoms with Crippen LogP contribution in [-0.4, -0.2) is 29.1 Å². The molecule has 0 aliphatic carbocycles. The molecular weight excluding hydrogens is 262 g/mol. The van der Waals surface area contributed by atoms with E-state index in [-0.39, 0.29) is 11.9 Å².